The van der Waals surface area contributed by atoms with Gasteiger partial charge < -0.3 is 10.6 Å². The Morgan fingerprint density at radius 3 is 2.54 bits per heavy atom. The maximum Gasteiger partial charge on any atom is 0.433 e. The molecule has 6 heteroatoms. The molecule has 0 unspecified atom stereocenters. The topological polar surface area (TPSA) is 37.0 Å². The van der Waals surface area contributed by atoms with Gasteiger partial charge in [-0.25, -0.2) is 0 Å². The molecule has 0 amide bonds. The van der Waals surface area contributed by atoms with E-state index in [0.717, 1.165) is 41.6 Å². The van der Waals surface area contributed by atoms with Gasteiger partial charge in [-0.15, -0.1) is 0 Å². The van der Waals surface area contributed by atoms with Gasteiger partial charge in [-0.05, 0) is 72.3 Å². The number of benzene rings is 1. The number of nitrogens with zero attached hydrogens (tertiary/aromatic N) is 1. The molecule has 2 N–H and O–H groups in total. The van der Waals surface area contributed by atoms with E-state index in [1.54, 1.807) is 7.05 Å². The van der Waals surface area contributed by atoms with Crippen LogP contribution in [-0.4, -0.2) is 19.1 Å². The minimum atomic E-state index is -4.45. The van der Waals surface area contributed by atoms with Crippen LogP contribution < -0.4 is 10.6 Å². The molecule has 0 saturated carbocycles. The largest absolute Gasteiger partial charge is 0.433 e. The third kappa shape index (κ3) is 3.11. The van der Waals surface area contributed by atoms with Gasteiger partial charge in [0.2, 0.25) is 0 Å². The maximum absolute atomic E-state index is 13.1. The molecule has 0 saturated heterocycles. The summed E-state index contributed by atoms with van der Waals surface area (Å²) in [5, 5.41) is 6.12. The molecule has 1 heterocycles. The summed E-state index contributed by atoms with van der Waals surface area (Å²) in [5.41, 5.74) is 4.72. The predicted molar refractivity (Wildman–Crippen MR) is 89.0 cm³/mol. The number of hydrogen-bond acceptors (Lipinski definition) is 3. The van der Waals surface area contributed by atoms with E-state index in [1.807, 2.05) is 13.1 Å². The number of aryl methyl sites for hydroxylation is 1. The van der Waals surface area contributed by atoms with Gasteiger partial charge in [0.15, 0.2) is 0 Å². The molecule has 0 bridgehead atoms. The highest BCUT2D eigenvalue weighted by Crippen LogP contribution is 2.39. The van der Waals surface area contributed by atoms with Crippen LogP contribution in [0.2, 0.25) is 0 Å². The lowest BCUT2D eigenvalue weighted by atomic mass is 9.93. The molecular formula is C18H20F3N3. The molecule has 0 spiro atoms. The van der Waals surface area contributed by atoms with E-state index < -0.39 is 11.9 Å². The molecule has 1 aliphatic carbocycles. The second-order valence-electron chi connectivity index (χ2n) is 6.02. The average Bonchev–Trinajstić information content (AvgIpc) is 3.02. The molecule has 128 valence electrons. The molecule has 0 fully saturated rings. The normalized spacial score (nSPS) is 13.9. The molecule has 0 atom stereocenters. The van der Waals surface area contributed by atoms with Crippen molar-refractivity contribution in [3.63, 3.8) is 0 Å². The monoisotopic (exact) mass is 335 g/mol. The second-order valence-corrected chi connectivity index (χ2v) is 6.02. The highest BCUT2D eigenvalue weighted by Gasteiger charge is 2.33. The summed E-state index contributed by atoms with van der Waals surface area (Å²) in [6.07, 6.45) is -0.208. The molecule has 1 aromatic carbocycles. The van der Waals surface area contributed by atoms with Crippen molar-refractivity contribution in [3.8, 4) is 11.1 Å². The Kier molecular flexibility index (Phi) is 4.49. The first-order valence-corrected chi connectivity index (χ1v) is 7.98. The fraction of sp³-hybridized carbons (Fsp3) is 0.389. The second kappa shape index (κ2) is 6.43. The highest BCUT2D eigenvalue weighted by atomic mass is 19.4. The summed E-state index contributed by atoms with van der Waals surface area (Å²) in [6.45, 7) is 0.471. The summed E-state index contributed by atoms with van der Waals surface area (Å²) in [7, 11) is 3.60. The van der Waals surface area contributed by atoms with Crippen molar-refractivity contribution < 1.29 is 13.2 Å². The van der Waals surface area contributed by atoms with Crippen LogP contribution in [0.25, 0.3) is 11.1 Å². The number of rotatable bonds is 4. The van der Waals surface area contributed by atoms with Crippen molar-refractivity contribution in [2.24, 2.45) is 0 Å². The van der Waals surface area contributed by atoms with Crippen molar-refractivity contribution in [2.75, 3.05) is 19.4 Å². The Morgan fingerprint density at radius 2 is 1.88 bits per heavy atom. The van der Waals surface area contributed by atoms with E-state index in [9.17, 15) is 13.2 Å². The Morgan fingerprint density at radius 1 is 1.08 bits per heavy atom. The van der Waals surface area contributed by atoms with Crippen LogP contribution in [-0.2, 0) is 25.6 Å². The summed E-state index contributed by atoms with van der Waals surface area (Å²) in [5.74, 6) is 0. The third-order valence-electron chi connectivity index (χ3n) is 4.44. The number of nitrogens with one attached hydrogen (secondary N) is 2. The number of anilines is 1. The van der Waals surface area contributed by atoms with Crippen LogP contribution >= 0.6 is 0 Å². The zero-order valence-corrected chi connectivity index (χ0v) is 13.7. The SMILES string of the molecule is CNCc1cnc(C(F)(F)F)cc1-c1cc(NC)cc2c1CCC2. The van der Waals surface area contributed by atoms with Crippen LogP contribution in [0, 0.1) is 0 Å². The van der Waals surface area contributed by atoms with Crippen molar-refractivity contribution in [1.82, 2.24) is 10.3 Å². The molecule has 0 radical (unpaired) electrons. The van der Waals surface area contributed by atoms with Crippen molar-refractivity contribution >= 4 is 5.69 Å². The summed E-state index contributed by atoms with van der Waals surface area (Å²) < 4.78 is 39.4. The molecule has 3 nitrogen and oxygen atoms in total. The Labute approximate surface area is 139 Å². The quantitative estimate of drug-likeness (QED) is 0.886. The van der Waals surface area contributed by atoms with Gasteiger partial charge in [-0.2, -0.15) is 13.2 Å². The van der Waals surface area contributed by atoms with E-state index in [4.69, 9.17) is 0 Å². The number of hydrogen-bond donors (Lipinski definition) is 2. The molecule has 0 aliphatic heterocycles. The van der Waals surface area contributed by atoms with Crippen LogP contribution in [0.1, 0.15) is 28.8 Å². The first-order valence-electron chi connectivity index (χ1n) is 7.98. The molecule has 24 heavy (non-hydrogen) atoms. The smallest absolute Gasteiger partial charge is 0.388 e. The molecule has 3 rings (SSSR count). The van der Waals surface area contributed by atoms with Crippen LogP contribution in [0.15, 0.2) is 24.4 Å². The van der Waals surface area contributed by atoms with E-state index >= 15 is 0 Å². The van der Waals surface area contributed by atoms with E-state index in [0.29, 0.717) is 12.1 Å². The Bertz CT molecular complexity index is 754. The minimum Gasteiger partial charge on any atom is -0.388 e. The zero-order chi connectivity index (χ0) is 17.3. The lowest BCUT2D eigenvalue weighted by Crippen LogP contribution is -2.12. The zero-order valence-electron chi connectivity index (χ0n) is 13.7. The summed E-state index contributed by atoms with van der Waals surface area (Å²) >= 11 is 0. The molecular weight excluding hydrogens is 315 g/mol. The van der Waals surface area contributed by atoms with Gasteiger partial charge in [-0.1, -0.05) is 0 Å². The Hall–Kier alpha value is -2.08. The predicted octanol–water partition coefficient (Wildman–Crippen LogP) is 4.02. The lowest BCUT2D eigenvalue weighted by Gasteiger charge is -2.17. The van der Waals surface area contributed by atoms with E-state index in [2.05, 4.69) is 21.7 Å². The number of aromatic nitrogens is 1. The van der Waals surface area contributed by atoms with Crippen molar-refractivity contribution in [3.05, 3.63) is 46.8 Å². The van der Waals surface area contributed by atoms with Gasteiger partial charge in [0.1, 0.15) is 5.69 Å². The van der Waals surface area contributed by atoms with E-state index in [1.165, 1.54) is 17.8 Å². The maximum atomic E-state index is 13.1. The van der Waals surface area contributed by atoms with Gasteiger partial charge in [0, 0.05) is 25.5 Å². The fourth-order valence-electron chi connectivity index (χ4n) is 3.31. The van der Waals surface area contributed by atoms with Crippen LogP contribution in [0.4, 0.5) is 18.9 Å². The summed E-state index contributed by atoms with van der Waals surface area (Å²) in [6, 6.07) is 5.22. The Balaban J connectivity index is 2.22. The number of halogens is 3. The number of pyridine rings is 1. The molecule has 2 aromatic rings. The van der Waals surface area contributed by atoms with E-state index in [-0.39, 0.29) is 0 Å². The van der Waals surface area contributed by atoms with Crippen LogP contribution in [0.5, 0.6) is 0 Å². The standard InChI is InChI=1S/C18H20F3N3/c1-22-9-12-10-24-17(18(19,20)21)8-15(12)16-7-13(23-2)6-11-4-3-5-14(11)16/h6-8,10,22-23H,3-5,9H2,1-2H3. The average molecular weight is 335 g/mol. The minimum absolute atomic E-state index is 0.471. The summed E-state index contributed by atoms with van der Waals surface area (Å²) in [4.78, 5) is 3.61. The van der Waals surface area contributed by atoms with Gasteiger partial charge in [0.05, 0.1) is 0 Å². The lowest BCUT2D eigenvalue weighted by molar-refractivity contribution is -0.141. The van der Waals surface area contributed by atoms with Crippen molar-refractivity contribution in [2.45, 2.75) is 32.0 Å². The first kappa shape index (κ1) is 16.8. The highest BCUT2D eigenvalue weighted by molar-refractivity contribution is 5.76. The van der Waals surface area contributed by atoms with Gasteiger partial charge in [0.25, 0.3) is 0 Å². The van der Waals surface area contributed by atoms with Crippen molar-refractivity contribution in [1.29, 1.82) is 0 Å². The fourth-order valence-corrected chi connectivity index (χ4v) is 3.31. The third-order valence-corrected chi connectivity index (χ3v) is 4.44. The molecule has 1 aliphatic rings. The number of alkyl halides is 3. The molecule has 1 aromatic heterocycles. The van der Waals surface area contributed by atoms with Crippen LogP contribution in [0.3, 0.4) is 0 Å². The number of fused-ring (bicyclic) bond motifs is 1. The van der Waals surface area contributed by atoms with Gasteiger partial charge in [-0.3, -0.25) is 4.98 Å². The first-order chi connectivity index (χ1) is 11.4. The van der Waals surface area contributed by atoms with Gasteiger partial charge >= 0.3 is 6.18 Å².